The van der Waals surface area contributed by atoms with Crippen molar-refractivity contribution in [3.8, 4) is 17.2 Å². The Morgan fingerprint density at radius 2 is 1.78 bits per heavy atom. The van der Waals surface area contributed by atoms with Gasteiger partial charge < -0.3 is 19.3 Å². The van der Waals surface area contributed by atoms with E-state index in [0.717, 1.165) is 5.56 Å². The summed E-state index contributed by atoms with van der Waals surface area (Å²) in [5.41, 5.74) is 3.20. The van der Waals surface area contributed by atoms with Crippen LogP contribution in [-0.2, 0) is 11.3 Å². The number of amides is 2. The molecule has 2 aliphatic rings. The number of rotatable bonds is 4. The second kappa shape index (κ2) is 7.55. The number of carboxylic acid groups (broad SMARTS) is 1. The molecule has 1 unspecified atom stereocenters. The first-order chi connectivity index (χ1) is 15.5. The first kappa shape index (κ1) is 19.8. The third kappa shape index (κ3) is 3.02. The van der Waals surface area contributed by atoms with E-state index in [0.29, 0.717) is 39.6 Å². The van der Waals surface area contributed by atoms with Crippen molar-refractivity contribution in [3.63, 3.8) is 0 Å². The minimum Gasteiger partial charge on any atom is -0.497 e. The van der Waals surface area contributed by atoms with E-state index >= 15 is 0 Å². The highest BCUT2D eigenvalue weighted by Crippen LogP contribution is 2.43. The molecule has 1 N–H and O–H groups in total. The van der Waals surface area contributed by atoms with Crippen LogP contribution in [0.15, 0.2) is 72.8 Å². The summed E-state index contributed by atoms with van der Waals surface area (Å²) in [6, 6.07) is 19.6. The number of imide groups is 1. The van der Waals surface area contributed by atoms with Crippen LogP contribution >= 0.6 is 0 Å². The number of carbonyl (C=O) groups is 2. The first-order valence-corrected chi connectivity index (χ1v) is 10.0. The smallest absolute Gasteiger partial charge is 0.497 e. The maximum Gasteiger partial charge on any atom is 0.527 e. The average Bonchev–Trinajstić information content (AvgIpc) is 3.29. The highest BCUT2D eigenvalue weighted by Gasteiger charge is 2.51. The van der Waals surface area contributed by atoms with Crippen LogP contribution in [-0.4, -0.2) is 31.0 Å². The Labute approximate surface area is 184 Å². The van der Waals surface area contributed by atoms with Gasteiger partial charge in [-0.25, -0.2) is 4.79 Å². The van der Waals surface area contributed by atoms with Gasteiger partial charge in [0.05, 0.1) is 13.2 Å². The molecule has 160 valence electrons. The lowest BCUT2D eigenvalue weighted by molar-refractivity contribution is -0.124. The lowest BCUT2D eigenvalue weighted by atomic mass is 9.90. The number of carbonyl (C=O) groups excluding carboxylic acids is 1. The monoisotopic (exact) mass is 430 g/mol. The van der Waals surface area contributed by atoms with Gasteiger partial charge in [-0.15, -0.1) is 4.48 Å². The van der Waals surface area contributed by atoms with Crippen LogP contribution < -0.4 is 18.7 Å². The van der Waals surface area contributed by atoms with Gasteiger partial charge in [0.25, 0.3) is 0 Å². The van der Waals surface area contributed by atoms with Crippen LogP contribution in [0.2, 0.25) is 0 Å². The third-order valence-electron chi connectivity index (χ3n) is 5.84. The van der Waals surface area contributed by atoms with Crippen LogP contribution in [0.4, 0.5) is 10.5 Å². The van der Waals surface area contributed by atoms with Crippen molar-refractivity contribution in [1.82, 2.24) is 4.48 Å². The maximum atomic E-state index is 13.5. The third-order valence-corrected chi connectivity index (χ3v) is 5.84. The fraction of sp³-hybridized carbons (Fsp3) is 0.120. The Morgan fingerprint density at radius 1 is 1.03 bits per heavy atom. The number of ether oxygens (including phenoxy) is 3. The highest BCUT2D eigenvalue weighted by molar-refractivity contribution is 6.18. The van der Waals surface area contributed by atoms with Gasteiger partial charge in [0.1, 0.15) is 12.3 Å². The molecule has 5 rings (SSSR count). The molecule has 1 atom stereocenters. The van der Waals surface area contributed by atoms with E-state index in [-0.39, 0.29) is 13.3 Å². The van der Waals surface area contributed by atoms with Crippen LogP contribution in [0.3, 0.4) is 0 Å². The number of hydrogen-bond acceptors (Lipinski definition) is 5. The van der Waals surface area contributed by atoms with Gasteiger partial charge in [-0.3, -0.25) is 0 Å². The largest absolute Gasteiger partial charge is 0.527 e. The SMILES string of the molecule is COc1ccc(C[N+]2(C(=O)O)C(=O)C=C(c3ccc4c(c3)OCO4)c3ccccc32)cc1. The van der Waals surface area contributed by atoms with Gasteiger partial charge in [-0.1, -0.05) is 18.2 Å². The van der Waals surface area contributed by atoms with Crippen LogP contribution in [0.25, 0.3) is 5.57 Å². The predicted molar refractivity (Wildman–Crippen MR) is 118 cm³/mol. The van der Waals surface area contributed by atoms with Crippen molar-refractivity contribution in [1.29, 1.82) is 0 Å². The number of benzene rings is 3. The Balaban J connectivity index is 1.64. The van der Waals surface area contributed by atoms with Crippen molar-refractivity contribution in [3.05, 3.63) is 89.5 Å². The summed E-state index contributed by atoms with van der Waals surface area (Å²) < 4.78 is 15.2. The summed E-state index contributed by atoms with van der Waals surface area (Å²) in [5, 5.41) is 10.3. The second-order valence-corrected chi connectivity index (χ2v) is 7.58. The zero-order chi connectivity index (χ0) is 22.3. The number of para-hydroxylation sites is 1. The molecule has 2 amide bonds. The molecule has 7 nitrogen and oxygen atoms in total. The maximum absolute atomic E-state index is 13.5. The van der Waals surface area contributed by atoms with Gasteiger partial charge >= 0.3 is 12.0 Å². The standard InChI is InChI=1S/C25H19NO6/c1-30-18-9-6-16(7-10-18)14-26(25(28)29)21-5-3-2-4-19(21)20(13-24(26)27)17-8-11-22-23(12-17)32-15-31-22/h2-13H,14-15H2,1H3/p+1. The van der Waals surface area contributed by atoms with Crippen LogP contribution in [0, 0.1) is 0 Å². The van der Waals surface area contributed by atoms with E-state index in [2.05, 4.69) is 0 Å². The van der Waals surface area contributed by atoms with Crippen LogP contribution in [0.1, 0.15) is 16.7 Å². The molecule has 0 aliphatic carbocycles. The Hall–Kier alpha value is -4.10. The molecule has 0 saturated heterocycles. The summed E-state index contributed by atoms with van der Waals surface area (Å²) in [4.78, 5) is 26.1. The molecule has 0 spiro atoms. The number of fused-ring (bicyclic) bond motifs is 2. The van der Waals surface area contributed by atoms with E-state index in [1.807, 2.05) is 24.3 Å². The highest BCUT2D eigenvalue weighted by atomic mass is 16.7. The van der Waals surface area contributed by atoms with E-state index in [1.165, 1.54) is 6.08 Å². The molecule has 0 saturated carbocycles. The predicted octanol–water partition coefficient (Wildman–Crippen LogP) is 4.58. The van der Waals surface area contributed by atoms with Gasteiger partial charge in [0, 0.05) is 22.8 Å². The molecular weight excluding hydrogens is 410 g/mol. The number of methoxy groups -OCH3 is 1. The number of hydrogen-bond donors (Lipinski definition) is 1. The molecule has 0 bridgehead atoms. The second-order valence-electron chi connectivity index (χ2n) is 7.58. The van der Waals surface area contributed by atoms with Crippen molar-refractivity contribution in [2.24, 2.45) is 0 Å². The Morgan fingerprint density at radius 3 is 2.53 bits per heavy atom. The fourth-order valence-electron chi connectivity index (χ4n) is 4.20. The van der Waals surface area contributed by atoms with Crippen molar-refractivity contribution < 1.29 is 28.9 Å². The van der Waals surface area contributed by atoms with Gasteiger partial charge in [-0.2, -0.15) is 4.79 Å². The van der Waals surface area contributed by atoms with Crippen molar-refractivity contribution in [2.75, 3.05) is 13.9 Å². The lowest BCUT2D eigenvalue weighted by Gasteiger charge is -2.33. The minimum absolute atomic E-state index is 0.0277. The fourth-order valence-corrected chi connectivity index (χ4v) is 4.20. The molecule has 32 heavy (non-hydrogen) atoms. The minimum atomic E-state index is -1.24. The molecule has 7 heteroatoms. The van der Waals surface area contributed by atoms with E-state index in [9.17, 15) is 14.7 Å². The van der Waals surface area contributed by atoms with E-state index in [1.54, 1.807) is 49.6 Å². The number of quaternary nitrogens is 1. The van der Waals surface area contributed by atoms with Gasteiger partial charge in [-0.05, 0) is 48.0 Å². The Kier molecular flexibility index (Phi) is 4.68. The zero-order valence-electron chi connectivity index (χ0n) is 17.3. The van der Waals surface area contributed by atoms with Crippen molar-refractivity contribution >= 4 is 23.3 Å². The summed E-state index contributed by atoms with van der Waals surface area (Å²) in [5.74, 6) is 1.36. The van der Waals surface area contributed by atoms with Gasteiger partial charge in [0.2, 0.25) is 6.79 Å². The first-order valence-electron chi connectivity index (χ1n) is 10.0. The van der Waals surface area contributed by atoms with Gasteiger partial charge in [0.15, 0.2) is 17.2 Å². The molecule has 3 aromatic rings. The van der Waals surface area contributed by atoms with E-state index < -0.39 is 16.5 Å². The summed E-state index contributed by atoms with van der Waals surface area (Å²) in [7, 11) is 1.56. The van der Waals surface area contributed by atoms with Crippen LogP contribution in [0.5, 0.6) is 17.2 Å². The van der Waals surface area contributed by atoms with E-state index in [4.69, 9.17) is 14.2 Å². The molecule has 0 aromatic heterocycles. The summed E-state index contributed by atoms with van der Waals surface area (Å²) >= 11 is 0. The zero-order valence-corrected chi connectivity index (χ0v) is 17.3. The topological polar surface area (TPSA) is 82.1 Å². The quantitative estimate of drug-likeness (QED) is 0.610. The lowest BCUT2D eigenvalue weighted by Crippen LogP contribution is -2.58. The summed E-state index contributed by atoms with van der Waals surface area (Å²) in [6.07, 6.45) is 0.177. The molecular formula is C25H20NO6+. The molecule has 3 aromatic carbocycles. The van der Waals surface area contributed by atoms with Crippen molar-refractivity contribution in [2.45, 2.75) is 6.54 Å². The normalized spacial score (nSPS) is 18.7. The summed E-state index contributed by atoms with van der Waals surface area (Å²) in [6.45, 7) is 0.119. The molecule has 0 radical (unpaired) electrons. The Bertz CT molecular complexity index is 1260. The number of nitrogens with zero attached hydrogens (tertiary/aromatic N) is 1. The molecule has 0 fully saturated rings. The molecule has 2 aliphatic heterocycles. The average molecular weight is 430 g/mol. The molecule has 2 heterocycles.